The first-order chi connectivity index (χ1) is 13.2. The van der Waals surface area contributed by atoms with Gasteiger partial charge in [0, 0.05) is 43.4 Å². The molecule has 1 fully saturated rings. The molecule has 2 aromatic rings. The fraction of sp³-hybridized carbons (Fsp3) is 0.381. The Labute approximate surface area is 170 Å². The quantitative estimate of drug-likeness (QED) is 0.542. The Morgan fingerprint density at radius 3 is 2.56 bits per heavy atom. The number of methoxy groups -OCH3 is 1. The van der Waals surface area contributed by atoms with E-state index < -0.39 is 0 Å². The van der Waals surface area contributed by atoms with Crippen LogP contribution >= 0.6 is 15.9 Å². The molecular formula is C21H27BrN4O. The first-order valence-electron chi connectivity index (χ1n) is 9.26. The highest BCUT2D eigenvalue weighted by molar-refractivity contribution is 9.10. The zero-order valence-electron chi connectivity index (χ0n) is 15.9. The van der Waals surface area contributed by atoms with Gasteiger partial charge in [0.1, 0.15) is 5.75 Å². The summed E-state index contributed by atoms with van der Waals surface area (Å²) in [5, 5.41) is 6.84. The van der Waals surface area contributed by atoms with Crippen LogP contribution in [-0.2, 0) is 6.54 Å². The Balaban J connectivity index is 1.43. The van der Waals surface area contributed by atoms with E-state index in [2.05, 4.69) is 72.9 Å². The van der Waals surface area contributed by atoms with Crippen LogP contribution in [0.2, 0.25) is 0 Å². The number of hydrogen-bond acceptors (Lipinski definition) is 3. The van der Waals surface area contributed by atoms with Crippen LogP contribution in [0.5, 0.6) is 5.75 Å². The van der Waals surface area contributed by atoms with Crippen molar-refractivity contribution in [1.82, 2.24) is 10.6 Å². The Bertz CT molecular complexity index is 746. The molecule has 0 saturated carbocycles. The molecule has 1 unspecified atom stereocenters. The molecule has 0 radical (unpaired) electrons. The number of nitrogens with one attached hydrogen (secondary N) is 2. The Morgan fingerprint density at radius 2 is 1.89 bits per heavy atom. The molecule has 1 aliphatic rings. The number of nitrogens with zero attached hydrogens (tertiary/aromatic N) is 2. The van der Waals surface area contributed by atoms with Crippen molar-refractivity contribution in [2.24, 2.45) is 10.9 Å². The lowest BCUT2D eigenvalue weighted by atomic mass is 10.1. The number of rotatable bonds is 6. The molecule has 144 valence electrons. The summed E-state index contributed by atoms with van der Waals surface area (Å²) in [4.78, 5) is 6.79. The van der Waals surface area contributed by atoms with Crippen molar-refractivity contribution < 1.29 is 4.74 Å². The van der Waals surface area contributed by atoms with E-state index >= 15 is 0 Å². The Kier molecular flexibility index (Phi) is 6.98. The van der Waals surface area contributed by atoms with E-state index in [1.807, 2.05) is 19.2 Å². The number of hydrogen-bond donors (Lipinski definition) is 2. The summed E-state index contributed by atoms with van der Waals surface area (Å²) in [7, 11) is 3.49. The normalized spacial score (nSPS) is 17.1. The van der Waals surface area contributed by atoms with Gasteiger partial charge in [-0.15, -0.1) is 0 Å². The third kappa shape index (κ3) is 5.63. The number of ether oxygens (including phenoxy) is 1. The van der Waals surface area contributed by atoms with E-state index in [1.54, 1.807) is 7.11 Å². The fourth-order valence-electron chi connectivity index (χ4n) is 3.28. The summed E-state index contributed by atoms with van der Waals surface area (Å²) < 4.78 is 6.32. The van der Waals surface area contributed by atoms with Crippen LogP contribution in [0.4, 0.5) is 5.69 Å². The molecule has 1 heterocycles. The van der Waals surface area contributed by atoms with Crippen LogP contribution in [0.3, 0.4) is 0 Å². The van der Waals surface area contributed by atoms with Gasteiger partial charge in [-0.3, -0.25) is 4.99 Å². The number of halogens is 1. The van der Waals surface area contributed by atoms with Crippen LogP contribution < -0.4 is 20.3 Å². The van der Waals surface area contributed by atoms with Crippen LogP contribution in [-0.4, -0.2) is 39.8 Å². The van der Waals surface area contributed by atoms with Gasteiger partial charge in [0.2, 0.25) is 0 Å². The SMILES string of the molecule is CN=C(NCc1ccc(OC)cc1)NCC1CCN(c2ccc(Br)cc2)C1. The number of benzene rings is 2. The molecule has 1 atom stereocenters. The van der Waals surface area contributed by atoms with Crippen LogP contribution in [0.15, 0.2) is 58.0 Å². The predicted molar refractivity (Wildman–Crippen MR) is 116 cm³/mol. The average molecular weight is 431 g/mol. The molecular weight excluding hydrogens is 404 g/mol. The van der Waals surface area contributed by atoms with Crippen molar-refractivity contribution in [1.29, 1.82) is 0 Å². The van der Waals surface area contributed by atoms with Crippen molar-refractivity contribution >= 4 is 27.6 Å². The number of guanidine groups is 1. The molecule has 5 nitrogen and oxygen atoms in total. The summed E-state index contributed by atoms with van der Waals surface area (Å²) >= 11 is 3.50. The maximum absolute atomic E-state index is 5.20. The molecule has 6 heteroatoms. The summed E-state index contributed by atoms with van der Waals surface area (Å²) in [6.45, 7) is 3.84. The summed E-state index contributed by atoms with van der Waals surface area (Å²) in [5.41, 5.74) is 2.49. The lowest BCUT2D eigenvalue weighted by molar-refractivity contribution is 0.414. The average Bonchev–Trinajstić information content (AvgIpc) is 3.18. The maximum Gasteiger partial charge on any atom is 0.191 e. The van der Waals surface area contributed by atoms with E-state index in [4.69, 9.17) is 4.74 Å². The lowest BCUT2D eigenvalue weighted by Gasteiger charge is -2.19. The maximum atomic E-state index is 5.20. The monoisotopic (exact) mass is 430 g/mol. The van der Waals surface area contributed by atoms with Crippen LogP contribution in [0, 0.1) is 5.92 Å². The fourth-order valence-corrected chi connectivity index (χ4v) is 3.54. The van der Waals surface area contributed by atoms with E-state index in [9.17, 15) is 0 Å². The molecule has 0 spiro atoms. The van der Waals surface area contributed by atoms with Gasteiger partial charge < -0.3 is 20.3 Å². The number of anilines is 1. The highest BCUT2D eigenvalue weighted by Crippen LogP contribution is 2.24. The standard InChI is InChI=1S/C21H27BrN4O/c1-23-21(24-13-16-3-9-20(27-2)10-4-16)25-14-17-11-12-26(15-17)19-7-5-18(22)6-8-19/h3-10,17H,11-15H2,1-2H3,(H2,23,24,25). The second kappa shape index (κ2) is 9.65. The van der Waals surface area contributed by atoms with E-state index in [-0.39, 0.29) is 0 Å². The highest BCUT2D eigenvalue weighted by atomic mass is 79.9. The molecule has 0 bridgehead atoms. The van der Waals surface area contributed by atoms with Gasteiger partial charge in [-0.1, -0.05) is 28.1 Å². The smallest absolute Gasteiger partial charge is 0.191 e. The zero-order valence-corrected chi connectivity index (χ0v) is 17.5. The van der Waals surface area contributed by atoms with Gasteiger partial charge in [-0.05, 0) is 54.3 Å². The molecule has 2 aromatic carbocycles. The van der Waals surface area contributed by atoms with E-state index in [0.717, 1.165) is 42.4 Å². The highest BCUT2D eigenvalue weighted by Gasteiger charge is 2.22. The molecule has 2 N–H and O–H groups in total. The van der Waals surface area contributed by atoms with Crippen molar-refractivity contribution in [2.45, 2.75) is 13.0 Å². The van der Waals surface area contributed by atoms with Crippen LogP contribution in [0.25, 0.3) is 0 Å². The van der Waals surface area contributed by atoms with Crippen molar-refractivity contribution in [3.05, 3.63) is 58.6 Å². The largest absolute Gasteiger partial charge is 0.497 e. The summed E-state index contributed by atoms with van der Waals surface area (Å²) in [6.07, 6.45) is 1.19. The molecule has 0 aromatic heterocycles. The summed E-state index contributed by atoms with van der Waals surface area (Å²) in [5.74, 6) is 2.33. The van der Waals surface area contributed by atoms with Gasteiger partial charge in [0.15, 0.2) is 5.96 Å². The molecule has 1 saturated heterocycles. The third-order valence-electron chi connectivity index (χ3n) is 4.88. The minimum atomic E-state index is 0.619. The molecule has 1 aliphatic heterocycles. The molecule has 3 rings (SSSR count). The first kappa shape index (κ1) is 19.5. The number of aliphatic imine (C=N–C) groups is 1. The molecule has 27 heavy (non-hydrogen) atoms. The zero-order chi connectivity index (χ0) is 19.1. The molecule has 0 aliphatic carbocycles. The first-order valence-corrected chi connectivity index (χ1v) is 10.0. The van der Waals surface area contributed by atoms with Crippen molar-refractivity contribution in [2.75, 3.05) is 38.7 Å². The van der Waals surface area contributed by atoms with E-state index in [1.165, 1.54) is 17.7 Å². The van der Waals surface area contributed by atoms with Crippen LogP contribution in [0.1, 0.15) is 12.0 Å². The summed E-state index contributed by atoms with van der Waals surface area (Å²) in [6, 6.07) is 16.6. The van der Waals surface area contributed by atoms with Gasteiger partial charge in [0.25, 0.3) is 0 Å². The second-order valence-electron chi connectivity index (χ2n) is 6.73. The van der Waals surface area contributed by atoms with Crippen molar-refractivity contribution in [3.8, 4) is 5.75 Å². The van der Waals surface area contributed by atoms with Gasteiger partial charge in [0.05, 0.1) is 7.11 Å². The van der Waals surface area contributed by atoms with Gasteiger partial charge >= 0.3 is 0 Å². The Morgan fingerprint density at radius 1 is 1.15 bits per heavy atom. The topological polar surface area (TPSA) is 48.9 Å². The van der Waals surface area contributed by atoms with Crippen molar-refractivity contribution in [3.63, 3.8) is 0 Å². The Hall–Kier alpha value is -2.21. The lowest BCUT2D eigenvalue weighted by Crippen LogP contribution is -2.39. The van der Waals surface area contributed by atoms with E-state index in [0.29, 0.717) is 5.92 Å². The molecule has 0 amide bonds. The van der Waals surface area contributed by atoms with Gasteiger partial charge in [-0.25, -0.2) is 0 Å². The second-order valence-corrected chi connectivity index (χ2v) is 7.65. The van der Waals surface area contributed by atoms with Gasteiger partial charge in [-0.2, -0.15) is 0 Å². The minimum absolute atomic E-state index is 0.619. The third-order valence-corrected chi connectivity index (χ3v) is 5.41. The minimum Gasteiger partial charge on any atom is -0.497 e. The predicted octanol–water partition coefficient (Wildman–Crippen LogP) is 3.65.